The number of carbonyl (C=O) groups excluding carboxylic acids is 1. The van der Waals surface area contributed by atoms with E-state index < -0.39 is 0 Å². The van der Waals surface area contributed by atoms with Gasteiger partial charge in [0.05, 0.1) is 6.04 Å². The lowest BCUT2D eigenvalue weighted by molar-refractivity contribution is 0.0914. The minimum Gasteiger partial charge on any atom is -0.451 e. The van der Waals surface area contributed by atoms with Crippen LogP contribution in [0, 0.1) is 0 Å². The van der Waals surface area contributed by atoms with Crippen molar-refractivity contribution >= 4 is 16.9 Å². The molecule has 0 saturated heterocycles. The summed E-state index contributed by atoms with van der Waals surface area (Å²) in [5.41, 5.74) is 3.21. The molecule has 3 aromatic rings. The van der Waals surface area contributed by atoms with Gasteiger partial charge in [-0.2, -0.15) is 0 Å². The number of rotatable bonds is 3. The van der Waals surface area contributed by atoms with Crippen LogP contribution in [0.15, 0.2) is 59.0 Å². The lowest BCUT2D eigenvalue weighted by atomic mass is 9.86. The quantitative estimate of drug-likeness (QED) is 0.718. The van der Waals surface area contributed by atoms with E-state index in [0.29, 0.717) is 5.76 Å². The van der Waals surface area contributed by atoms with Crippen LogP contribution in [0.1, 0.15) is 55.4 Å². The van der Waals surface area contributed by atoms with Gasteiger partial charge in [0.2, 0.25) is 0 Å². The second-order valence-electron chi connectivity index (χ2n) is 7.22. The van der Waals surface area contributed by atoms with E-state index in [1.807, 2.05) is 31.2 Å². The first-order valence-electron chi connectivity index (χ1n) is 8.24. The summed E-state index contributed by atoms with van der Waals surface area (Å²) < 4.78 is 5.62. The van der Waals surface area contributed by atoms with Crippen LogP contribution in [-0.4, -0.2) is 5.91 Å². The molecular weight excluding hydrogens is 298 g/mol. The maximum absolute atomic E-state index is 12.4. The number of carbonyl (C=O) groups is 1. The minimum atomic E-state index is -0.196. The van der Waals surface area contributed by atoms with E-state index in [2.05, 4.69) is 50.4 Å². The molecular formula is C21H23NO2. The molecule has 0 aliphatic heterocycles. The molecule has 0 aliphatic carbocycles. The normalized spacial score (nSPS) is 13.0. The SMILES string of the molecule is CC(NC(=O)c1cc2ccccc2o1)c1ccc(C(C)(C)C)cc1. The summed E-state index contributed by atoms with van der Waals surface area (Å²) in [4.78, 5) is 12.4. The average molecular weight is 321 g/mol. The Kier molecular flexibility index (Phi) is 4.18. The molecule has 0 spiro atoms. The highest BCUT2D eigenvalue weighted by Gasteiger charge is 2.17. The van der Waals surface area contributed by atoms with E-state index in [1.54, 1.807) is 6.07 Å². The Morgan fingerprint density at radius 3 is 2.33 bits per heavy atom. The molecule has 0 fully saturated rings. The molecule has 124 valence electrons. The maximum atomic E-state index is 12.4. The third-order valence-electron chi connectivity index (χ3n) is 4.27. The van der Waals surface area contributed by atoms with Gasteiger partial charge >= 0.3 is 0 Å². The molecule has 3 heteroatoms. The predicted molar refractivity (Wildman–Crippen MR) is 97.2 cm³/mol. The van der Waals surface area contributed by atoms with Crippen molar-refractivity contribution in [1.29, 1.82) is 0 Å². The van der Waals surface area contributed by atoms with Gasteiger partial charge < -0.3 is 9.73 Å². The molecule has 1 atom stereocenters. The highest BCUT2D eigenvalue weighted by atomic mass is 16.3. The molecule has 0 radical (unpaired) electrons. The fourth-order valence-electron chi connectivity index (χ4n) is 2.72. The summed E-state index contributed by atoms with van der Waals surface area (Å²) in [5, 5.41) is 3.93. The molecule has 0 bridgehead atoms. The Balaban J connectivity index is 1.74. The van der Waals surface area contributed by atoms with Crippen LogP contribution in [0.3, 0.4) is 0 Å². The van der Waals surface area contributed by atoms with Crippen molar-refractivity contribution in [2.45, 2.75) is 39.2 Å². The summed E-state index contributed by atoms with van der Waals surface area (Å²) in [6.45, 7) is 8.55. The summed E-state index contributed by atoms with van der Waals surface area (Å²) in [6, 6.07) is 17.7. The zero-order chi connectivity index (χ0) is 17.3. The van der Waals surface area contributed by atoms with E-state index >= 15 is 0 Å². The van der Waals surface area contributed by atoms with Crippen molar-refractivity contribution in [2.75, 3.05) is 0 Å². The van der Waals surface area contributed by atoms with Crippen molar-refractivity contribution in [3.05, 3.63) is 71.5 Å². The van der Waals surface area contributed by atoms with Gasteiger partial charge in [-0.15, -0.1) is 0 Å². The first-order chi connectivity index (χ1) is 11.3. The minimum absolute atomic E-state index is 0.0836. The van der Waals surface area contributed by atoms with E-state index in [0.717, 1.165) is 16.5 Å². The van der Waals surface area contributed by atoms with Gasteiger partial charge in [0.25, 0.3) is 5.91 Å². The lowest BCUT2D eigenvalue weighted by Gasteiger charge is -2.20. The molecule has 1 N–H and O–H groups in total. The number of hydrogen-bond acceptors (Lipinski definition) is 2. The predicted octanol–water partition coefficient (Wildman–Crippen LogP) is 5.22. The van der Waals surface area contributed by atoms with Gasteiger partial charge in [0.1, 0.15) is 5.58 Å². The Hall–Kier alpha value is -2.55. The maximum Gasteiger partial charge on any atom is 0.287 e. The first-order valence-corrected chi connectivity index (χ1v) is 8.24. The summed E-state index contributed by atoms with van der Waals surface area (Å²) >= 11 is 0. The third kappa shape index (κ3) is 3.35. The lowest BCUT2D eigenvalue weighted by Crippen LogP contribution is -2.26. The largest absolute Gasteiger partial charge is 0.451 e. The average Bonchev–Trinajstić information content (AvgIpc) is 2.98. The van der Waals surface area contributed by atoms with Crippen molar-refractivity contribution in [3.8, 4) is 0 Å². The smallest absolute Gasteiger partial charge is 0.287 e. The van der Waals surface area contributed by atoms with Crippen LogP contribution >= 0.6 is 0 Å². The molecule has 0 saturated carbocycles. The molecule has 1 heterocycles. The van der Waals surface area contributed by atoms with Crippen molar-refractivity contribution in [2.24, 2.45) is 0 Å². The zero-order valence-corrected chi connectivity index (χ0v) is 14.6. The van der Waals surface area contributed by atoms with Crippen molar-refractivity contribution in [1.82, 2.24) is 5.32 Å². The molecule has 0 aliphatic rings. The Morgan fingerprint density at radius 1 is 1.04 bits per heavy atom. The molecule has 1 unspecified atom stereocenters. The number of fused-ring (bicyclic) bond motifs is 1. The van der Waals surface area contributed by atoms with E-state index in [-0.39, 0.29) is 17.4 Å². The summed E-state index contributed by atoms with van der Waals surface area (Å²) in [7, 11) is 0. The standard InChI is InChI=1S/C21H23NO2/c1-14(15-9-11-17(12-10-15)21(2,3)4)22-20(23)19-13-16-7-5-6-8-18(16)24-19/h5-14H,1-4H3,(H,22,23). The molecule has 1 amide bonds. The van der Waals surface area contributed by atoms with Gasteiger partial charge in [-0.1, -0.05) is 63.2 Å². The van der Waals surface area contributed by atoms with Gasteiger partial charge in [-0.05, 0) is 35.6 Å². The van der Waals surface area contributed by atoms with Gasteiger partial charge in [-0.25, -0.2) is 0 Å². The fourth-order valence-corrected chi connectivity index (χ4v) is 2.72. The summed E-state index contributed by atoms with van der Waals surface area (Å²) in [6.07, 6.45) is 0. The van der Waals surface area contributed by atoms with Crippen molar-refractivity contribution < 1.29 is 9.21 Å². The molecule has 2 aromatic carbocycles. The number of amides is 1. The number of furan rings is 1. The Morgan fingerprint density at radius 2 is 1.71 bits per heavy atom. The van der Waals surface area contributed by atoms with Gasteiger partial charge in [0, 0.05) is 5.39 Å². The zero-order valence-electron chi connectivity index (χ0n) is 14.6. The monoisotopic (exact) mass is 321 g/mol. The highest BCUT2D eigenvalue weighted by molar-refractivity contribution is 5.96. The van der Waals surface area contributed by atoms with Crippen LogP contribution in [0.2, 0.25) is 0 Å². The Bertz CT molecular complexity index is 820. The fraction of sp³-hybridized carbons (Fsp3) is 0.286. The number of nitrogens with one attached hydrogen (secondary N) is 1. The number of para-hydroxylation sites is 1. The third-order valence-corrected chi connectivity index (χ3v) is 4.27. The van der Waals surface area contributed by atoms with Crippen LogP contribution in [0.4, 0.5) is 0 Å². The first kappa shape index (κ1) is 16.3. The molecule has 3 nitrogen and oxygen atoms in total. The van der Waals surface area contributed by atoms with Crippen LogP contribution in [0.25, 0.3) is 11.0 Å². The highest BCUT2D eigenvalue weighted by Crippen LogP contribution is 2.24. The van der Waals surface area contributed by atoms with Crippen LogP contribution in [-0.2, 0) is 5.41 Å². The number of benzene rings is 2. The van der Waals surface area contributed by atoms with Crippen LogP contribution < -0.4 is 5.32 Å². The molecule has 1 aromatic heterocycles. The van der Waals surface area contributed by atoms with Crippen molar-refractivity contribution in [3.63, 3.8) is 0 Å². The van der Waals surface area contributed by atoms with Crippen LogP contribution in [0.5, 0.6) is 0 Å². The van der Waals surface area contributed by atoms with Gasteiger partial charge in [-0.3, -0.25) is 4.79 Å². The summed E-state index contributed by atoms with van der Waals surface area (Å²) in [5.74, 6) is 0.146. The second-order valence-corrected chi connectivity index (χ2v) is 7.22. The Labute approximate surface area is 142 Å². The van der Waals surface area contributed by atoms with Gasteiger partial charge in [0.15, 0.2) is 5.76 Å². The number of hydrogen-bond donors (Lipinski definition) is 1. The van der Waals surface area contributed by atoms with E-state index in [9.17, 15) is 4.79 Å². The molecule has 3 rings (SSSR count). The van der Waals surface area contributed by atoms with E-state index in [1.165, 1.54) is 5.56 Å². The second kappa shape index (κ2) is 6.16. The topological polar surface area (TPSA) is 42.2 Å². The molecule has 24 heavy (non-hydrogen) atoms. The van der Waals surface area contributed by atoms with E-state index in [4.69, 9.17) is 4.42 Å².